The molecule has 2 N–H and O–H groups in total. The van der Waals surface area contributed by atoms with E-state index in [-0.39, 0.29) is 11.8 Å². The summed E-state index contributed by atoms with van der Waals surface area (Å²) in [6.07, 6.45) is 0. The van der Waals surface area contributed by atoms with Gasteiger partial charge in [-0.2, -0.15) is 0 Å². The number of hydrogen-bond donors (Lipinski definition) is 2. The number of likely N-dealkylation sites (N-methyl/N-ethyl adjacent to an activating group) is 1. The lowest BCUT2D eigenvalue weighted by Gasteiger charge is -2.35. The van der Waals surface area contributed by atoms with E-state index in [9.17, 15) is 9.59 Å². The fraction of sp³-hybridized carbons (Fsp3) is 0.714. The van der Waals surface area contributed by atoms with Crippen molar-refractivity contribution < 1.29 is 14.7 Å². The SMILES string of the molecule is CNC(=O)CN1CC(C(=O)O)C1. The number of likely N-dealkylation sites (tertiary alicyclic amines) is 1. The maximum atomic E-state index is 10.8. The minimum absolute atomic E-state index is 0.0705. The third-order valence-electron chi connectivity index (χ3n) is 1.95. The predicted octanol–water partition coefficient (Wildman–Crippen LogP) is -1.25. The van der Waals surface area contributed by atoms with Crippen LogP contribution in [-0.4, -0.2) is 48.6 Å². The molecule has 0 spiro atoms. The highest BCUT2D eigenvalue weighted by molar-refractivity contribution is 5.78. The Kier molecular flexibility index (Phi) is 2.65. The summed E-state index contributed by atoms with van der Waals surface area (Å²) in [6, 6.07) is 0. The van der Waals surface area contributed by atoms with E-state index in [0.717, 1.165) is 0 Å². The van der Waals surface area contributed by atoms with Crippen molar-refractivity contribution in [1.29, 1.82) is 0 Å². The molecule has 0 unspecified atom stereocenters. The molecule has 0 radical (unpaired) electrons. The van der Waals surface area contributed by atoms with Gasteiger partial charge in [0, 0.05) is 20.1 Å². The maximum absolute atomic E-state index is 10.8. The number of amides is 1. The molecule has 1 aliphatic heterocycles. The van der Waals surface area contributed by atoms with Crippen LogP contribution in [0.25, 0.3) is 0 Å². The summed E-state index contributed by atoms with van der Waals surface area (Å²) in [5.41, 5.74) is 0. The van der Waals surface area contributed by atoms with Crippen LogP contribution in [0.3, 0.4) is 0 Å². The standard InChI is InChI=1S/C7H12N2O3/c1-8-6(10)4-9-2-5(3-9)7(11)12/h5H,2-4H2,1H3,(H,8,10)(H,11,12). The minimum atomic E-state index is -0.775. The number of hydrogen-bond acceptors (Lipinski definition) is 3. The molecule has 5 nitrogen and oxygen atoms in total. The summed E-state index contributed by atoms with van der Waals surface area (Å²) in [5.74, 6) is -1.13. The molecular formula is C7H12N2O3. The first kappa shape index (κ1) is 8.99. The Morgan fingerprint density at radius 3 is 2.58 bits per heavy atom. The predicted molar refractivity (Wildman–Crippen MR) is 41.6 cm³/mol. The maximum Gasteiger partial charge on any atom is 0.309 e. The van der Waals surface area contributed by atoms with Gasteiger partial charge in [-0.05, 0) is 0 Å². The number of rotatable bonds is 3. The second-order valence-corrected chi connectivity index (χ2v) is 2.90. The van der Waals surface area contributed by atoms with Crippen LogP contribution < -0.4 is 5.32 Å². The van der Waals surface area contributed by atoms with E-state index in [1.54, 1.807) is 11.9 Å². The summed E-state index contributed by atoms with van der Waals surface area (Å²) in [6.45, 7) is 1.28. The summed E-state index contributed by atoms with van der Waals surface area (Å²) in [7, 11) is 1.57. The van der Waals surface area contributed by atoms with E-state index >= 15 is 0 Å². The van der Waals surface area contributed by atoms with Gasteiger partial charge in [0.05, 0.1) is 12.5 Å². The monoisotopic (exact) mass is 172 g/mol. The zero-order valence-corrected chi connectivity index (χ0v) is 6.91. The number of aliphatic carboxylic acids is 1. The molecule has 0 bridgehead atoms. The molecule has 12 heavy (non-hydrogen) atoms. The quantitative estimate of drug-likeness (QED) is 0.558. The molecule has 0 aromatic rings. The molecule has 1 heterocycles. The molecule has 68 valence electrons. The third kappa shape index (κ3) is 1.94. The van der Waals surface area contributed by atoms with Gasteiger partial charge in [0.2, 0.25) is 5.91 Å². The Bertz CT molecular complexity index is 199. The van der Waals surface area contributed by atoms with Gasteiger partial charge in [0.25, 0.3) is 0 Å². The summed E-state index contributed by atoms with van der Waals surface area (Å²) >= 11 is 0. The van der Waals surface area contributed by atoms with Gasteiger partial charge in [-0.25, -0.2) is 0 Å². The highest BCUT2D eigenvalue weighted by Gasteiger charge is 2.32. The van der Waals surface area contributed by atoms with Crippen molar-refractivity contribution in [3.8, 4) is 0 Å². The van der Waals surface area contributed by atoms with Crippen molar-refractivity contribution in [2.45, 2.75) is 0 Å². The number of carbonyl (C=O) groups excluding carboxylic acids is 1. The van der Waals surface area contributed by atoms with Crippen LogP contribution in [-0.2, 0) is 9.59 Å². The van der Waals surface area contributed by atoms with Crippen LogP contribution in [0.4, 0.5) is 0 Å². The molecule has 0 saturated carbocycles. The van der Waals surface area contributed by atoms with Crippen LogP contribution in [0.1, 0.15) is 0 Å². The van der Waals surface area contributed by atoms with Crippen LogP contribution >= 0.6 is 0 Å². The lowest BCUT2D eigenvalue weighted by molar-refractivity contribution is -0.148. The second-order valence-electron chi connectivity index (χ2n) is 2.90. The highest BCUT2D eigenvalue weighted by Crippen LogP contribution is 2.14. The molecular weight excluding hydrogens is 160 g/mol. The zero-order valence-electron chi connectivity index (χ0n) is 6.91. The average molecular weight is 172 g/mol. The Hall–Kier alpha value is -1.10. The number of carboxylic acids is 1. The van der Waals surface area contributed by atoms with Gasteiger partial charge < -0.3 is 10.4 Å². The Labute approximate surface area is 70.4 Å². The number of nitrogens with zero attached hydrogens (tertiary/aromatic N) is 1. The largest absolute Gasteiger partial charge is 0.481 e. The average Bonchev–Trinajstić information content (AvgIpc) is 1.94. The van der Waals surface area contributed by atoms with Crippen molar-refractivity contribution in [3.63, 3.8) is 0 Å². The molecule has 1 saturated heterocycles. The van der Waals surface area contributed by atoms with Crippen molar-refractivity contribution in [2.75, 3.05) is 26.7 Å². The minimum Gasteiger partial charge on any atom is -0.481 e. The first-order valence-corrected chi connectivity index (χ1v) is 3.79. The zero-order chi connectivity index (χ0) is 9.14. The van der Waals surface area contributed by atoms with E-state index < -0.39 is 5.97 Å². The van der Waals surface area contributed by atoms with Gasteiger partial charge in [0.1, 0.15) is 0 Å². The van der Waals surface area contributed by atoms with Crippen LogP contribution in [0.5, 0.6) is 0 Å². The summed E-state index contributed by atoms with van der Waals surface area (Å²) in [5, 5.41) is 11.0. The van der Waals surface area contributed by atoms with E-state index in [1.165, 1.54) is 0 Å². The Morgan fingerprint density at radius 2 is 2.17 bits per heavy atom. The third-order valence-corrected chi connectivity index (χ3v) is 1.95. The van der Waals surface area contributed by atoms with E-state index in [2.05, 4.69) is 5.32 Å². The van der Waals surface area contributed by atoms with Crippen LogP contribution in [0.2, 0.25) is 0 Å². The number of carbonyl (C=O) groups is 2. The Morgan fingerprint density at radius 1 is 1.58 bits per heavy atom. The summed E-state index contributed by atoms with van der Waals surface area (Å²) < 4.78 is 0. The van der Waals surface area contributed by atoms with Gasteiger partial charge in [-0.15, -0.1) is 0 Å². The molecule has 1 rings (SSSR count). The number of carboxylic acid groups (broad SMARTS) is 1. The van der Waals surface area contributed by atoms with Crippen LogP contribution in [0, 0.1) is 5.92 Å². The lowest BCUT2D eigenvalue weighted by atomic mass is 10.0. The molecule has 1 fully saturated rings. The highest BCUT2D eigenvalue weighted by atomic mass is 16.4. The number of nitrogens with one attached hydrogen (secondary N) is 1. The van der Waals surface area contributed by atoms with Crippen molar-refractivity contribution in [1.82, 2.24) is 10.2 Å². The molecule has 0 aliphatic carbocycles. The first-order valence-electron chi connectivity index (χ1n) is 3.79. The van der Waals surface area contributed by atoms with Crippen molar-refractivity contribution in [3.05, 3.63) is 0 Å². The molecule has 0 aromatic heterocycles. The lowest BCUT2D eigenvalue weighted by Crippen LogP contribution is -2.53. The molecule has 1 amide bonds. The molecule has 1 aliphatic rings. The van der Waals surface area contributed by atoms with Crippen molar-refractivity contribution >= 4 is 11.9 Å². The van der Waals surface area contributed by atoms with Gasteiger partial charge in [-0.1, -0.05) is 0 Å². The smallest absolute Gasteiger partial charge is 0.309 e. The van der Waals surface area contributed by atoms with Gasteiger partial charge in [0.15, 0.2) is 0 Å². The van der Waals surface area contributed by atoms with Gasteiger partial charge in [-0.3, -0.25) is 14.5 Å². The van der Waals surface area contributed by atoms with Gasteiger partial charge >= 0.3 is 5.97 Å². The fourth-order valence-electron chi connectivity index (χ4n) is 1.14. The first-order chi connectivity index (χ1) is 5.63. The topological polar surface area (TPSA) is 69.6 Å². The Balaban J connectivity index is 2.17. The second kappa shape index (κ2) is 3.53. The fourth-order valence-corrected chi connectivity index (χ4v) is 1.14. The molecule has 5 heteroatoms. The molecule has 0 atom stereocenters. The van der Waals surface area contributed by atoms with E-state index in [0.29, 0.717) is 19.6 Å². The van der Waals surface area contributed by atoms with E-state index in [4.69, 9.17) is 5.11 Å². The van der Waals surface area contributed by atoms with Crippen LogP contribution in [0.15, 0.2) is 0 Å². The normalized spacial score (nSPS) is 18.4. The molecule has 0 aromatic carbocycles. The van der Waals surface area contributed by atoms with Crippen molar-refractivity contribution in [2.24, 2.45) is 5.92 Å². The summed E-state index contributed by atoms with van der Waals surface area (Å²) in [4.78, 5) is 22.9. The van der Waals surface area contributed by atoms with E-state index in [1.807, 2.05) is 0 Å².